The number of amides is 1. The van der Waals surface area contributed by atoms with E-state index in [0.29, 0.717) is 11.4 Å². The van der Waals surface area contributed by atoms with Gasteiger partial charge in [-0.15, -0.1) is 0 Å². The van der Waals surface area contributed by atoms with Crippen LogP contribution in [-0.4, -0.2) is 27.6 Å². The van der Waals surface area contributed by atoms with E-state index in [4.69, 9.17) is 0 Å². The van der Waals surface area contributed by atoms with Crippen molar-refractivity contribution in [3.63, 3.8) is 0 Å². The van der Waals surface area contributed by atoms with Gasteiger partial charge in [0.15, 0.2) is 5.65 Å². The van der Waals surface area contributed by atoms with E-state index < -0.39 is 0 Å². The second kappa shape index (κ2) is 6.68. The highest BCUT2D eigenvalue weighted by Crippen LogP contribution is 2.21. The molecule has 0 aliphatic carbocycles. The first-order valence-corrected chi connectivity index (χ1v) is 8.24. The highest BCUT2D eigenvalue weighted by atomic mass is 16.1. The molecule has 0 saturated carbocycles. The Morgan fingerprint density at radius 1 is 1.00 bits per heavy atom. The van der Waals surface area contributed by atoms with Crippen LogP contribution in [0.15, 0.2) is 72.9 Å². The summed E-state index contributed by atoms with van der Waals surface area (Å²) in [6.45, 7) is 0. The number of fused-ring (bicyclic) bond motifs is 1. The first kappa shape index (κ1) is 15.8. The Morgan fingerprint density at radius 3 is 2.65 bits per heavy atom. The molecule has 0 bridgehead atoms. The average molecular weight is 343 g/mol. The fourth-order valence-electron chi connectivity index (χ4n) is 2.73. The maximum absolute atomic E-state index is 11.8. The van der Waals surface area contributed by atoms with Crippen molar-refractivity contribution in [1.29, 1.82) is 0 Å². The summed E-state index contributed by atoms with van der Waals surface area (Å²) in [7, 11) is 1.61. The molecule has 128 valence electrons. The summed E-state index contributed by atoms with van der Waals surface area (Å²) in [6, 6.07) is 21.1. The number of carbonyl (C=O) groups is 1. The Bertz CT molecular complexity index is 1070. The third-order valence-electron chi connectivity index (χ3n) is 4.02. The Morgan fingerprint density at radius 2 is 1.85 bits per heavy atom. The molecular formula is C20H17N5O. The van der Waals surface area contributed by atoms with E-state index in [1.54, 1.807) is 23.7 Å². The molecule has 6 nitrogen and oxygen atoms in total. The lowest BCUT2D eigenvalue weighted by molar-refractivity contribution is 0.0963. The quantitative estimate of drug-likeness (QED) is 0.595. The van der Waals surface area contributed by atoms with E-state index in [-0.39, 0.29) is 5.91 Å². The van der Waals surface area contributed by atoms with Gasteiger partial charge in [0, 0.05) is 36.1 Å². The van der Waals surface area contributed by atoms with Crippen molar-refractivity contribution in [2.45, 2.75) is 0 Å². The van der Waals surface area contributed by atoms with Gasteiger partial charge in [-0.1, -0.05) is 36.4 Å². The molecule has 0 spiro atoms. The van der Waals surface area contributed by atoms with Crippen LogP contribution in [0.1, 0.15) is 10.4 Å². The normalized spacial score (nSPS) is 10.7. The molecule has 2 aromatic carbocycles. The number of aromatic nitrogens is 3. The smallest absolute Gasteiger partial charge is 0.251 e. The van der Waals surface area contributed by atoms with Crippen LogP contribution in [0.2, 0.25) is 0 Å². The van der Waals surface area contributed by atoms with Crippen molar-refractivity contribution in [2.75, 3.05) is 12.4 Å². The second-order valence-electron chi connectivity index (χ2n) is 5.80. The minimum atomic E-state index is -0.125. The molecule has 26 heavy (non-hydrogen) atoms. The lowest BCUT2D eigenvalue weighted by atomic mass is 10.2. The molecule has 0 aliphatic heterocycles. The van der Waals surface area contributed by atoms with Gasteiger partial charge in [-0.3, -0.25) is 4.79 Å². The zero-order valence-corrected chi connectivity index (χ0v) is 14.2. The van der Waals surface area contributed by atoms with Gasteiger partial charge in [0.2, 0.25) is 0 Å². The van der Waals surface area contributed by atoms with Gasteiger partial charge >= 0.3 is 0 Å². The van der Waals surface area contributed by atoms with E-state index in [1.807, 2.05) is 60.8 Å². The number of benzene rings is 2. The van der Waals surface area contributed by atoms with Crippen molar-refractivity contribution < 1.29 is 4.79 Å². The van der Waals surface area contributed by atoms with Gasteiger partial charge in [-0.2, -0.15) is 5.10 Å². The van der Waals surface area contributed by atoms with E-state index in [0.717, 1.165) is 22.6 Å². The number of anilines is 2. The van der Waals surface area contributed by atoms with E-state index in [2.05, 4.69) is 20.7 Å². The number of rotatable bonds is 4. The molecule has 0 saturated heterocycles. The van der Waals surface area contributed by atoms with Crippen molar-refractivity contribution >= 4 is 23.1 Å². The van der Waals surface area contributed by atoms with Gasteiger partial charge in [-0.25, -0.2) is 9.50 Å². The van der Waals surface area contributed by atoms with Gasteiger partial charge in [0.25, 0.3) is 5.91 Å². The molecule has 6 heteroatoms. The molecular weight excluding hydrogens is 326 g/mol. The zero-order chi connectivity index (χ0) is 17.9. The molecule has 0 fully saturated rings. The minimum Gasteiger partial charge on any atom is -0.355 e. The van der Waals surface area contributed by atoms with Crippen LogP contribution in [0.25, 0.3) is 16.9 Å². The Hall–Kier alpha value is -3.67. The number of nitrogens with one attached hydrogen (secondary N) is 2. The van der Waals surface area contributed by atoms with Crippen molar-refractivity contribution in [3.05, 3.63) is 78.5 Å². The standard InChI is InChI=1S/C20H17N5O/c1-21-20(26)15-8-5-9-16(12-15)22-18-10-11-25-19(23-18)13-17(24-25)14-6-3-2-4-7-14/h2-13H,1H3,(H,21,26)(H,22,23). The summed E-state index contributed by atoms with van der Waals surface area (Å²) in [5.74, 6) is 0.562. The first-order valence-electron chi connectivity index (χ1n) is 8.24. The van der Waals surface area contributed by atoms with Gasteiger partial charge in [0.05, 0.1) is 5.69 Å². The Kier molecular flexibility index (Phi) is 4.07. The van der Waals surface area contributed by atoms with Crippen molar-refractivity contribution in [1.82, 2.24) is 19.9 Å². The number of nitrogens with zero attached hydrogens (tertiary/aromatic N) is 3. The van der Waals surface area contributed by atoms with Crippen LogP contribution in [0.4, 0.5) is 11.5 Å². The zero-order valence-electron chi connectivity index (χ0n) is 14.2. The predicted molar refractivity (Wildman–Crippen MR) is 102 cm³/mol. The molecule has 2 heterocycles. The van der Waals surface area contributed by atoms with Gasteiger partial charge in [-0.05, 0) is 24.3 Å². The second-order valence-corrected chi connectivity index (χ2v) is 5.80. The third-order valence-corrected chi connectivity index (χ3v) is 4.02. The van der Waals surface area contributed by atoms with Crippen LogP contribution in [0.5, 0.6) is 0 Å². The molecule has 1 amide bonds. The minimum absolute atomic E-state index is 0.125. The molecule has 0 aliphatic rings. The summed E-state index contributed by atoms with van der Waals surface area (Å²) >= 11 is 0. The summed E-state index contributed by atoms with van der Waals surface area (Å²) in [4.78, 5) is 16.4. The molecule has 0 radical (unpaired) electrons. The molecule has 2 aromatic heterocycles. The van der Waals surface area contributed by atoms with E-state index in [9.17, 15) is 4.79 Å². The monoisotopic (exact) mass is 343 g/mol. The van der Waals surface area contributed by atoms with Crippen LogP contribution in [0, 0.1) is 0 Å². The van der Waals surface area contributed by atoms with Gasteiger partial charge < -0.3 is 10.6 Å². The van der Waals surface area contributed by atoms with Gasteiger partial charge in [0.1, 0.15) is 5.82 Å². The van der Waals surface area contributed by atoms with Crippen LogP contribution in [0.3, 0.4) is 0 Å². The average Bonchev–Trinajstić information content (AvgIpc) is 3.12. The molecule has 0 atom stereocenters. The number of carbonyl (C=O) groups excluding carboxylic acids is 1. The van der Waals surface area contributed by atoms with Crippen LogP contribution >= 0.6 is 0 Å². The summed E-state index contributed by atoms with van der Waals surface area (Å²) in [5, 5.41) is 10.4. The van der Waals surface area contributed by atoms with E-state index in [1.165, 1.54) is 0 Å². The topological polar surface area (TPSA) is 71.3 Å². The first-order chi connectivity index (χ1) is 12.7. The molecule has 2 N–H and O–H groups in total. The lowest BCUT2D eigenvalue weighted by Gasteiger charge is -2.07. The molecule has 0 unspecified atom stereocenters. The van der Waals surface area contributed by atoms with Crippen LogP contribution in [-0.2, 0) is 0 Å². The fourth-order valence-corrected chi connectivity index (χ4v) is 2.73. The van der Waals surface area contributed by atoms with Crippen molar-refractivity contribution in [2.24, 2.45) is 0 Å². The molecule has 4 aromatic rings. The highest BCUT2D eigenvalue weighted by Gasteiger charge is 2.07. The van der Waals surface area contributed by atoms with Crippen molar-refractivity contribution in [3.8, 4) is 11.3 Å². The highest BCUT2D eigenvalue weighted by molar-refractivity contribution is 5.95. The van der Waals surface area contributed by atoms with Crippen LogP contribution < -0.4 is 10.6 Å². The number of hydrogen-bond acceptors (Lipinski definition) is 4. The SMILES string of the molecule is CNC(=O)c1cccc(Nc2ccn3nc(-c4ccccc4)cc3n2)c1. The largest absolute Gasteiger partial charge is 0.355 e. The Balaban J connectivity index is 1.63. The van der Waals surface area contributed by atoms with E-state index >= 15 is 0 Å². The Labute approximate surface area is 150 Å². The summed E-state index contributed by atoms with van der Waals surface area (Å²) < 4.78 is 1.74. The third kappa shape index (κ3) is 3.12. The molecule has 4 rings (SSSR count). The fraction of sp³-hybridized carbons (Fsp3) is 0.0500. The predicted octanol–water partition coefficient (Wildman–Crippen LogP) is 3.50. The maximum Gasteiger partial charge on any atom is 0.251 e. The summed E-state index contributed by atoms with van der Waals surface area (Å²) in [6.07, 6.45) is 1.86. The summed E-state index contributed by atoms with van der Waals surface area (Å²) in [5.41, 5.74) is 4.05. The maximum atomic E-state index is 11.8. The number of hydrogen-bond donors (Lipinski definition) is 2. The lowest BCUT2D eigenvalue weighted by Crippen LogP contribution is -2.17.